The molecule has 13 heteroatoms. The smallest absolute Gasteiger partial charge is 0.356 e. The largest absolute Gasteiger partial charge is 0.369 e. The quantitative estimate of drug-likeness (QED) is 0.290. The van der Waals surface area contributed by atoms with E-state index in [0.29, 0.717) is 5.65 Å². The van der Waals surface area contributed by atoms with Crippen molar-refractivity contribution in [1.29, 1.82) is 0 Å². The van der Waals surface area contributed by atoms with E-state index in [1.165, 1.54) is 13.3 Å². The van der Waals surface area contributed by atoms with Gasteiger partial charge in [-0.25, -0.2) is 4.98 Å². The van der Waals surface area contributed by atoms with E-state index in [2.05, 4.69) is 30.9 Å². The topological polar surface area (TPSA) is 151 Å². The Hall–Kier alpha value is -2.37. The van der Waals surface area contributed by atoms with E-state index >= 15 is 0 Å². The van der Waals surface area contributed by atoms with Gasteiger partial charge in [-0.05, 0) is 24.6 Å². The molecule has 2 aromatic heterocycles. The van der Waals surface area contributed by atoms with Gasteiger partial charge < -0.3 is 19.6 Å². The number of hydrogen-bond donors (Lipinski definition) is 2. The number of rotatable bonds is 11. The number of aromatic amines is 1. The summed E-state index contributed by atoms with van der Waals surface area (Å²) in [5.41, 5.74) is 6.38. The molecule has 3 rings (SSSR count). The molecule has 3 N–H and O–H groups in total. The Morgan fingerprint density at radius 1 is 1.35 bits per heavy atom. The molecule has 0 aliphatic rings. The van der Waals surface area contributed by atoms with Gasteiger partial charge in [0.2, 0.25) is 5.95 Å². The van der Waals surface area contributed by atoms with Gasteiger partial charge in [0.1, 0.15) is 13.0 Å². The molecule has 31 heavy (non-hydrogen) atoms. The zero-order valence-electron chi connectivity index (χ0n) is 16.6. The van der Waals surface area contributed by atoms with Crippen molar-refractivity contribution >= 4 is 46.4 Å². The fourth-order valence-electron chi connectivity index (χ4n) is 2.57. The van der Waals surface area contributed by atoms with Crippen molar-refractivity contribution in [3.05, 3.63) is 51.0 Å². The zero-order valence-corrected chi connectivity index (χ0v) is 19.1. The van der Waals surface area contributed by atoms with E-state index in [1.54, 1.807) is 4.57 Å². The predicted octanol–water partition coefficient (Wildman–Crippen LogP) is 2.45. The molecule has 0 aliphatic carbocycles. The second-order valence-corrected chi connectivity index (χ2v) is 9.50. The molecular weight excluding hydrogens is 493 g/mol. The molecule has 0 bridgehead atoms. The highest BCUT2D eigenvalue weighted by Crippen LogP contribution is 2.49. The third-order valence-electron chi connectivity index (χ3n) is 4.00. The Morgan fingerprint density at radius 3 is 2.90 bits per heavy atom. The van der Waals surface area contributed by atoms with Crippen molar-refractivity contribution in [2.45, 2.75) is 20.1 Å². The van der Waals surface area contributed by atoms with Crippen LogP contribution in [0, 0.1) is 0 Å². The van der Waals surface area contributed by atoms with E-state index in [0.717, 1.165) is 10.0 Å². The van der Waals surface area contributed by atoms with Crippen molar-refractivity contribution in [2.75, 3.05) is 25.3 Å². The number of Topliss-reactive ketones (excluding diaryl/α,β-unsaturated/α-hetero) is 1. The van der Waals surface area contributed by atoms with Gasteiger partial charge in [0.25, 0.3) is 5.56 Å². The number of carbonyl (C=O) groups excluding carboxylic acids is 1. The summed E-state index contributed by atoms with van der Waals surface area (Å²) >= 11 is 3.36. The van der Waals surface area contributed by atoms with Crippen LogP contribution in [0.5, 0.6) is 0 Å². The summed E-state index contributed by atoms with van der Waals surface area (Å²) in [5.74, 6) is -0.312. The van der Waals surface area contributed by atoms with E-state index in [4.69, 9.17) is 19.5 Å². The SMILES string of the molecule is CC(=O)COP(=O)(COCCn1cnc2c(=O)[nH]c(N)nc21)OCc1cccc(Br)c1. The van der Waals surface area contributed by atoms with Crippen molar-refractivity contribution in [3.8, 4) is 0 Å². The minimum absolute atomic E-state index is 0.0239. The first-order valence-electron chi connectivity index (χ1n) is 9.16. The molecule has 0 saturated heterocycles. The Kier molecular flexibility index (Phi) is 7.74. The summed E-state index contributed by atoms with van der Waals surface area (Å²) in [4.78, 5) is 33.5. The number of imidazole rings is 1. The maximum absolute atomic E-state index is 13.0. The van der Waals surface area contributed by atoms with Crippen LogP contribution >= 0.6 is 23.5 Å². The standard InChI is InChI=1S/C18H21BrN5O6P/c1-12(25)8-29-31(27,30-9-13-3-2-4-14(19)7-13)11-28-6-5-24-10-21-15-16(24)22-18(20)23-17(15)26/h2-4,7,10H,5-6,8-9,11H2,1H3,(H3,20,22,23,26). The van der Waals surface area contributed by atoms with Crippen LogP contribution < -0.4 is 11.3 Å². The first kappa shape index (κ1) is 23.3. The summed E-state index contributed by atoms with van der Waals surface area (Å²) in [6, 6.07) is 7.31. The van der Waals surface area contributed by atoms with Crippen molar-refractivity contribution in [1.82, 2.24) is 19.5 Å². The van der Waals surface area contributed by atoms with Gasteiger partial charge in [-0.2, -0.15) is 4.98 Å². The highest BCUT2D eigenvalue weighted by molar-refractivity contribution is 9.10. The lowest BCUT2D eigenvalue weighted by Gasteiger charge is -2.18. The number of ether oxygens (including phenoxy) is 1. The number of nitrogens with one attached hydrogen (secondary N) is 1. The molecular formula is C18H21BrN5O6P. The molecule has 0 spiro atoms. The number of hydrogen-bond acceptors (Lipinski definition) is 9. The number of nitrogens with two attached hydrogens (primary N) is 1. The van der Waals surface area contributed by atoms with Crippen molar-refractivity contribution in [3.63, 3.8) is 0 Å². The second-order valence-electron chi connectivity index (χ2n) is 6.59. The van der Waals surface area contributed by atoms with Crippen molar-refractivity contribution in [2.24, 2.45) is 0 Å². The van der Waals surface area contributed by atoms with E-state index in [-0.39, 0.29) is 50.0 Å². The molecule has 1 aromatic carbocycles. The molecule has 1 unspecified atom stereocenters. The molecule has 166 valence electrons. The number of aromatic nitrogens is 4. The molecule has 2 heterocycles. The van der Waals surface area contributed by atoms with Crippen molar-refractivity contribution < 1.29 is 23.1 Å². The fraction of sp³-hybridized carbons (Fsp3) is 0.333. The van der Waals surface area contributed by atoms with Gasteiger partial charge in [0.05, 0.1) is 19.5 Å². The molecule has 1 atom stereocenters. The molecule has 11 nitrogen and oxygen atoms in total. The first-order valence-corrected chi connectivity index (χ1v) is 11.7. The van der Waals surface area contributed by atoms with Crippen LogP contribution in [0.25, 0.3) is 11.2 Å². The van der Waals surface area contributed by atoms with E-state index in [1.807, 2.05) is 24.3 Å². The van der Waals surface area contributed by atoms with Gasteiger partial charge in [0.15, 0.2) is 16.9 Å². The van der Waals surface area contributed by atoms with Crippen LogP contribution in [0.2, 0.25) is 0 Å². The van der Waals surface area contributed by atoms with E-state index < -0.39 is 13.2 Å². The first-order chi connectivity index (χ1) is 14.8. The van der Waals surface area contributed by atoms with Crippen LogP contribution in [-0.2, 0) is 36.3 Å². The number of halogens is 1. The van der Waals surface area contributed by atoms with Gasteiger partial charge in [-0.15, -0.1) is 0 Å². The molecule has 0 fully saturated rings. The third-order valence-corrected chi connectivity index (χ3v) is 6.04. The molecule has 3 aromatic rings. The fourth-order valence-corrected chi connectivity index (χ4v) is 4.32. The summed E-state index contributed by atoms with van der Waals surface area (Å²) < 4.78 is 31.7. The summed E-state index contributed by atoms with van der Waals surface area (Å²) in [5, 5.41) is 0. The number of anilines is 1. The maximum atomic E-state index is 13.0. The third kappa shape index (κ3) is 6.55. The maximum Gasteiger partial charge on any atom is 0.356 e. The van der Waals surface area contributed by atoms with Crippen LogP contribution in [0.3, 0.4) is 0 Å². The number of carbonyl (C=O) groups is 1. The Labute approximate surface area is 185 Å². The lowest BCUT2D eigenvalue weighted by molar-refractivity contribution is -0.119. The Balaban J connectivity index is 1.60. The van der Waals surface area contributed by atoms with Gasteiger partial charge in [-0.1, -0.05) is 28.1 Å². The minimum Gasteiger partial charge on any atom is -0.369 e. The van der Waals surface area contributed by atoms with Gasteiger partial charge >= 0.3 is 7.60 Å². The zero-order chi connectivity index (χ0) is 22.4. The van der Waals surface area contributed by atoms with Crippen LogP contribution in [0.4, 0.5) is 5.95 Å². The number of benzene rings is 1. The lowest BCUT2D eigenvalue weighted by Crippen LogP contribution is -2.14. The second kappa shape index (κ2) is 10.3. The van der Waals surface area contributed by atoms with Gasteiger partial charge in [0, 0.05) is 11.0 Å². The summed E-state index contributed by atoms with van der Waals surface area (Å²) in [7, 11) is -3.70. The average molecular weight is 514 g/mol. The number of ketones is 1. The van der Waals surface area contributed by atoms with Crippen LogP contribution in [0.1, 0.15) is 12.5 Å². The summed E-state index contributed by atoms with van der Waals surface area (Å²) in [6.45, 7) is 1.37. The number of nitrogens with zero attached hydrogens (tertiary/aromatic N) is 3. The monoisotopic (exact) mass is 513 g/mol. The Morgan fingerprint density at radius 2 is 2.16 bits per heavy atom. The van der Waals surface area contributed by atoms with Crippen LogP contribution in [-0.4, -0.2) is 44.9 Å². The lowest BCUT2D eigenvalue weighted by atomic mass is 10.2. The number of fused-ring (bicyclic) bond motifs is 1. The van der Waals surface area contributed by atoms with Gasteiger partial charge in [-0.3, -0.25) is 23.7 Å². The molecule has 0 amide bonds. The molecule has 0 saturated carbocycles. The predicted molar refractivity (Wildman–Crippen MR) is 117 cm³/mol. The number of H-pyrrole nitrogens is 1. The molecule has 0 radical (unpaired) electrons. The normalized spacial score (nSPS) is 13.4. The molecule has 0 aliphatic heterocycles. The van der Waals surface area contributed by atoms with E-state index in [9.17, 15) is 14.2 Å². The number of nitrogen functional groups attached to an aromatic ring is 1. The average Bonchev–Trinajstić information content (AvgIpc) is 3.12. The Bertz CT molecular complexity index is 1180. The minimum atomic E-state index is -3.70. The van der Waals surface area contributed by atoms with Crippen LogP contribution in [0.15, 0.2) is 39.9 Å². The highest BCUT2D eigenvalue weighted by Gasteiger charge is 2.26. The summed E-state index contributed by atoms with van der Waals surface area (Å²) in [6.07, 6.45) is 1.09. The highest BCUT2D eigenvalue weighted by atomic mass is 79.9.